The molecule has 24 heavy (non-hydrogen) atoms. The van der Waals surface area contributed by atoms with Crippen molar-refractivity contribution in [2.75, 3.05) is 12.4 Å². The minimum atomic E-state index is -0.209. The van der Waals surface area contributed by atoms with E-state index in [1.807, 2.05) is 43.5 Å². The molecule has 0 aliphatic carbocycles. The lowest BCUT2D eigenvalue weighted by Crippen LogP contribution is -2.14. The molecule has 0 atom stereocenters. The number of rotatable bonds is 4. The fourth-order valence-corrected chi connectivity index (χ4v) is 2.74. The third-order valence-electron chi connectivity index (χ3n) is 3.63. The van der Waals surface area contributed by atoms with Crippen LogP contribution in [-0.2, 0) is 0 Å². The van der Waals surface area contributed by atoms with Gasteiger partial charge in [0.05, 0.1) is 18.5 Å². The van der Waals surface area contributed by atoms with Crippen molar-refractivity contribution in [3.05, 3.63) is 70.5 Å². The van der Waals surface area contributed by atoms with Crippen molar-refractivity contribution in [3.63, 3.8) is 0 Å². The molecule has 6 heteroatoms. The number of carbonyl (C=O) groups excluding carboxylic acids is 1. The largest absolute Gasteiger partial charge is 0.496 e. The Morgan fingerprint density at radius 2 is 2.08 bits per heavy atom. The number of ether oxygens (including phenoxy) is 1. The van der Waals surface area contributed by atoms with Crippen LogP contribution in [0.2, 0.25) is 0 Å². The highest BCUT2D eigenvalue weighted by molar-refractivity contribution is 9.10. The first-order valence-corrected chi connectivity index (χ1v) is 8.13. The van der Waals surface area contributed by atoms with Gasteiger partial charge in [-0.1, -0.05) is 22.0 Å². The molecule has 0 unspecified atom stereocenters. The van der Waals surface area contributed by atoms with E-state index in [4.69, 9.17) is 4.74 Å². The van der Waals surface area contributed by atoms with Crippen LogP contribution < -0.4 is 10.1 Å². The summed E-state index contributed by atoms with van der Waals surface area (Å²) >= 11 is 3.44. The molecule has 0 aliphatic rings. The summed E-state index contributed by atoms with van der Waals surface area (Å²) in [5.41, 5.74) is 2.96. The number of methoxy groups -OCH3 is 1. The van der Waals surface area contributed by atoms with Gasteiger partial charge in [0.1, 0.15) is 5.75 Å². The van der Waals surface area contributed by atoms with Crippen LogP contribution in [0.5, 0.6) is 5.75 Å². The third kappa shape index (κ3) is 3.33. The lowest BCUT2D eigenvalue weighted by atomic mass is 10.1. The van der Waals surface area contributed by atoms with Gasteiger partial charge in [-0.2, -0.15) is 5.10 Å². The maximum absolute atomic E-state index is 12.6. The first kappa shape index (κ1) is 16.3. The van der Waals surface area contributed by atoms with E-state index in [1.54, 1.807) is 30.1 Å². The van der Waals surface area contributed by atoms with Crippen molar-refractivity contribution in [2.24, 2.45) is 0 Å². The third-order valence-corrected chi connectivity index (χ3v) is 4.12. The number of nitrogens with zero attached hydrogens (tertiary/aromatic N) is 2. The normalized spacial score (nSPS) is 10.5. The Morgan fingerprint density at radius 3 is 2.79 bits per heavy atom. The Hall–Kier alpha value is -2.60. The van der Waals surface area contributed by atoms with Crippen molar-refractivity contribution in [2.45, 2.75) is 6.92 Å². The van der Waals surface area contributed by atoms with Crippen LogP contribution >= 0.6 is 15.9 Å². The minimum absolute atomic E-state index is 0.209. The van der Waals surface area contributed by atoms with Crippen LogP contribution in [-0.4, -0.2) is 22.8 Å². The Bertz CT molecular complexity index is 876. The van der Waals surface area contributed by atoms with Crippen LogP contribution in [0.15, 0.2) is 59.3 Å². The predicted octanol–water partition coefficient (Wildman–Crippen LogP) is 4.20. The molecule has 1 amide bonds. The zero-order valence-corrected chi connectivity index (χ0v) is 14.9. The van der Waals surface area contributed by atoms with Gasteiger partial charge >= 0.3 is 0 Å². The van der Waals surface area contributed by atoms with E-state index in [9.17, 15) is 4.79 Å². The van der Waals surface area contributed by atoms with Crippen molar-refractivity contribution in [3.8, 4) is 11.4 Å². The quantitative estimate of drug-likeness (QED) is 0.731. The van der Waals surface area contributed by atoms with E-state index in [-0.39, 0.29) is 5.91 Å². The summed E-state index contributed by atoms with van der Waals surface area (Å²) in [5.74, 6) is 0.476. The molecule has 3 rings (SSSR count). The van der Waals surface area contributed by atoms with Gasteiger partial charge in [0.15, 0.2) is 0 Å². The smallest absolute Gasteiger partial charge is 0.255 e. The number of hydrogen-bond donors (Lipinski definition) is 1. The number of carbonyl (C=O) groups is 1. The van der Waals surface area contributed by atoms with Gasteiger partial charge in [0.2, 0.25) is 0 Å². The monoisotopic (exact) mass is 385 g/mol. The number of aromatic nitrogens is 2. The molecular weight excluding hydrogens is 370 g/mol. The van der Waals surface area contributed by atoms with Gasteiger partial charge in [0.25, 0.3) is 5.91 Å². The van der Waals surface area contributed by atoms with E-state index in [0.717, 1.165) is 15.7 Å². The Balaban J connectivity index is 1.93. The molecule has 5 nitrogen and oxygen atoms in total. The molecular formula is C18H16BrN3O2. The predicted molar refractivity (Wildman–Crippen MR) is 96.9 cm³/mol. The molecule has 2 aromatic carbocycles. The highest BCUT2D eigenvalue weighted by Crippen LogP contribution is 2.26. The van der Waals surface area contributed by atoms with Gasteiger partial charge < -0.3 is 10.1 Å². The summed E-state index contributed by atoms with van der Waals surface area (Å²) < 4.78 is 7.86. The van der Waals surface area contributed by atoms with Crippen LogP contribution in [0, 0.1) is 6.92 Å². The van der Waals surface area contributed by atoms with Crippen molar-refractivity contribution < 1.29 is 9.53 Å². The van der Waals surface area contributed by atoms with Crippen molar-refractivity contribution in [1.82, 2.24) is 9.78 Å². The second kappa shape index (κ2) is 6.88. The number of benzene rings is 2. The molecule has 3 aromatic rings. The SMILES string of the molecule is COc1cc(C(=O)Nc2cc(Br)ccc2-n2cccn2)ccc1C. The first-order chi connectivity index (χ1) is 11.6. The zero-order chi connectivity index (χ0) is 17.1. The number of amides is 1. The van der Waals surface area contributed by atoms with Crippen molar-refractivity contribution in [1.29, 1.82) is 0 Å². The molecule has 1 aromatic heterocycles. The average molecular weight is 386 g/mol. The van der Waals surface area contributed by atoms with E-state index in [2.05, 4.69) is 26.3 Å². The Morgan fingerprint density at radius 1 is 1.25 bits per heavy atom. The van der Waals surface area contributed by atoms with Gasteiger partial charge in [-0.25, -0.2) is 4.68 Å². The summed E-state index contributed by atoms with van der Waals surface area (Å²) in [6.07, 6.45) is 3.52. The summed E-state index contributed by atoms with van der Waals surface area (Å²) in [6, 6.07) is 12.8. The van der Waals surface area contributed by atoms with Gasteiger partial charge in [0, 0.05) is 22.4 Å². The second-order valence-electron chi connectivity index (χ2n) is 5.25. The van der Waals surface area contributed by atoms with Gasteiger partial charge in [-0.15, -0.1) is 0 Å². The number of nitrogens with one attached hydrogen (secondary N) is 1. The molecule has 1 N–H and O–H groups in total. The molecule has 0 aliphatic heterocycles. The van der Waals surface area contributed by atoms with E-state index < -0.39 is 0 Å². The van der Waals surface area contributed by atoms with E-state index >= 15 is 0 Å². The lowest BCUT2D eigenvalue weighted by Gasteiger charge is -2.13. The summed E-state index contributed by atoms with van der Waals surface area (Å²) in [4.78, 5) is 12.6. The molecule has 122 valence electrons. The zero-order valence-electron chi connectivity index (χ0n) is 13.3. The van der Waals surface area contributed by atoms with E-state index in [0.29, 0.717) is 17.0 Å². The summed E-state index contributed by atoms with van der Waals surface area (Å²) in [7, 11) is 1.59. The number of halogens is 1. The Labute approximate surface area is 148 Å². The van der Waals surface area contributed by atoms with Gasteiger partial charge in [-0.05, 0) is 48.9 Å². The lowest BCUT2D eigenvalue weighted by molar-refractivity contribution is 0.102. The summed E-state index contributed by atoms with van der Waals surface area (Å²) in [6.45, 7) is 1.94. The number of anilines is 1. The molecule has 0 spiro atoms. The molecule has 1 heterocycles. The van der Waals surface area contributed by atoms with Crippen molar-refractivity contribution >= 4 is 27.5 Å². The standard InChI is InChI=1S/C18H16BrN3O2/c1-12-4-5-13(10-17(12)24-2)18(23)21-15-11-14(19)6-7-16(15)22-9-3-8-20-22/h3-11H,1-2H3,(H,21,23). The Kier molecular flexibility index (Phi) is 4.66. The first-order valence-electron chi connectivity index (χ1n) is 7.34. The van der Waals surface area contributed by atoms with Gasteiger partial charge in [-0.3, -0.25) is 4.79 Å². The molecule has 0 bridgehead atoms. The highest BCUT2D eigenvalue weighted by atomic mass is 79.9. The van der Waals surface area contributed by atoms with Crippen LogP contribution in [0.25, 0.3) is 5.69 Å². The topological polar surface area (TPSA) is 56.1 Å². The average Bonchev–Trinajstić information content (AvgIpc) is 3.09. The molecule has 0 saturated carbocycles. The fourth-order valence-electron chi connectivity index (χ4n) is 2.38. The minimum Gasteiger partial charge on any atom is -0.496 e. The fraction of sp³-hybridized carbons (Fsp3) is 0.111. The van der Waals surface area contributed by atoms with Crippen LogP contribution in [0.3, 0.4) is 0 Å². The van der Waals surface area contributed by atoms with Crippen LogP contribution in [0.1, 0.15) is 15.9 Å². The molecule has 0 saturated heterocycles. The maximum atomic E-state index is 12.6. The number of aryl methyl sites for hydroxylation is 1. The maximum Gasteiger partial charge on any atom is 0.255 e. The molecule has 0 radical (unpaired) electrons. The number of hydrogen-bond acceptors (Lipinski definition) is 3. The molecule has 0 fully saturated rings. The second-order valence-corrected chi connectivity index (χ2v) is 6.17. The highest BCUT2D eigenvalue weighted by Gasteiger charge is 2.13. The van der Waals surface area contributed by atoms with E-state index in [1.165, 1.54) is 0 Å². The summed E-state index contributed by atoms with van der Waals surface area (Å²) in [5, 5.41) is 7.17. The van der Waals surface area contributed by atoms with Crippen LogP contribution in [0.4, 0.5) is 5.69 Å².